The van der Waals surface area contributed by atoms with Gasteiger partial charge >= 0.3 is 0 Å². The van der Waals surface area contributed by atoms with E-state index < -0.39 is 0 Å². The second-order valence-corrected chi connectivity index (χ2v) is 3.71. The normalized spacial score (nSPS) is 24.3. The quantitative estimate of drug-likeness (QED) is 0.579. The summed E-state index contributed by atoms with van der Waals surface area (Å²) in [6, 6.07) is 3.00. The lowest BCUT2D eigenvalue weighted by molar-refractivity contribution is 0.0904. The fourth-order valence-electron chi connectivity index (χ4n) is 1.51. The fourth-order valence-corrected chi connectivity index (χ4v) is 1.51. The standard InChI is InChI=1S/C9H12N4O2/c10-5-3-6(4-5)11-9(15)7-1-2-8(14)13-12-7/h1-2,5-6H,3-4,10H2,(H,11,15)(H,13,14). The minimum atomic E-state index is -0.322. The van der Waals surface area contributed by atoms with E-state index in [1.54, 1.807) is 0 Å². The summed E-state index contributed by atoms with van der Waals surface area (Å²) in [5.74, 6) is -0.275. The van der Waals surface area contributed by atoms with Gasteiger partial charge in [-0.2, -0.15) is 5.10 Å². The van der Waals surface area contributed by atoms with Crippen molar-refractivity contribution < 1.29 is 4.79 Å². The van der Waals surface area contributed by atoms with Gasteiger partial charge in [0.2, 0.25) is 0 Å². The molecule has 0 radical (unpaired) electrons. The van der Waals surface area contributed by atoms with Crippen molar-refractivity contribution in [1.82, 2.24) is 15.5 Å². The van der Waals surface area contributed by atoms with Crippen LogP contribution in [0.5, 0.6) is 0 Å². The molecule has 1 aromatic heterocycles. The topological polar surface area (TPSA) is 101 Å². The van der Waals surface area contributed by atoms with Crippen LogP contribution in [0.1, 0.15) is 23.3 Å². The summed E-state index contributed by atoms with van der Waals surface area (Å²) in [6.45, 7) is 0. The van der Waals surface area contributed by atoms with Gasteiger partial charge in [-0.3, -0.25) is 9.59 Å². The van der Waals surface area contributed by atoms with Gasteiger partial charge < -0.3 is 11.1 Å². The van der Waals surface area contributed by atoms with E-state index in [0.717, 1.165) is 12.8 Å². The minimum Gasteiger partial charge on any atom is -0.348 e. The van der Waals surface area contributed by atoms with Crippen molar-refractivity contribution in [3.63, 3.8) is 0 Å². The molecule has 1 aromatic rings. The third kappa shape index (κ3) is 2.21. The largest absolute Gasteiger partial charge is 0.348 e. The first-order valence-electron chi connectivity index (χ1n) is 4.77. The van der Waals surface area contributed by atoms with Crippen LogP contribution in [0, 0.1) is 0 Å². The van der Waals surface area contributed by atoms with E-state index in [2.05, 4.69) is 15.5 Å². The van der Waals surface area contributed by atoms with E-state index in [9.17, 15) is 9.59 Å². The first kappa shape index (κ1) is 9.85. The van der Waals surface area contributed by atoms with E-state index in [0.29, 0.717) is 0 Å². The lowest BCUT2D eigenvalue weighted by Gasteiger charge is -2.32. The van der Waals surface area contributed by atoms with Crippen molar-refractivity contribution in [3.8, 4) is 0 Å². The Morgan fingerprint density at radius 2 is 2.27 bits per heavy atom. The Bertz CT molecular complexity index is 402. The monoisotopic (exact) mass is 208 g/mol. The molecule has 1 amide bonds. The number of hydrogen-bond acceptors (Lipinski definition) is 4. The van der Waals surface area contributed by atoms with E-state index in [1.165, 1.54) is 12.1 Å². The number of nitrogens with zero attached hydrogens (tertiary/aromatic N) is 1. The molecular formula is C9H12N4O2. The molecule has 15 heavy (non-hydrogen) atoms. The van der Waals surface area contributed by atoms with Gasteiger partial charge in [0.25, 0.3) is 11.5 Å². The van der Waals surface area contributed by atoms with Crippen molar-refractivity contribution in [1.29, 1.82) is 0 Å². The summed E-state index contributed by atoms with van der Waals surface area (Å²) in [6.07, 6.45) is 1.60. The zero-order valence-corrected chi connectivity index (χ0v) is 8.06. The zero-order chi connectivity index (χ0) is 10.8. The number of amides is 1. The number of aromatic nitrogens is 2. The number of nitrogens with two attached hydrogens (primary N) is 1. The van der Waals surface area contributed by atoms with Gasteiger partial charge in [0.15, 0.2) is 0 Å². The Morgan fingerprint density at radius 1 is 1.53 bits per heavy atom. The van der Waals surface area contributed by atoms with E-state index in [4.69, 9.17) is 5.73 Å². The first-order valence-corrected chi connectivity index (χ1v) is 4.77. The summed E-state index contributed by atoms with van der Waals surface area (Å²) >= 11 is 0. The third-order valence-electron chi connectivity index (χ3n) is 2.42. The van der Waals surface area contributed by atoms with Crippen LogP contribution in [0.3, 0.4) is 0 Å². The molecule has 4 N–H and O–H groups in total. The van der Waals surface area contributed by atoms with Crippen LogP contribution in [-0.2, 0) is 0 Å². The predicted octanol–water partition coefficient (Wildman–Crippen LogP) is -1.01. The van der Waals surface area contributed by atoms with Crippen LogP contribution >= 0.6 is 0 Å². The molecule has 0 spiro atoms. The number of nitrogens with one attached hydrogen (secondary N) is 2. The Morgan fingerprint density at radius 3 is 2.80 bits per heavy atom. The van der Waals surface area contributed by atoms with Gasteiger partial charge in [0.1, 0.15) is 5.69 Å². The molecule has 1 aliphatic rings. The average Bonchev–Trinajstić information content (AvgIpc) is 2.16. The summed E-state index contributed by atoms with van der Waals surface area (Å²) in [7, 11) is 0. The molecule has 6 heteroatoms. The van der Waals surface area contributed by atoms with E-state index >= 15 is 0 Å². The molecule has 0 saturated heterocycles. The number of H-pyrrole nitrogens is 1. The van der Waals surface area contributed by atoms with Crippen molar-refractivity contribution in [3.05, 3.63) is 28.2 Å². The van der Waals surface area contributed by atoms with Crippen LogP contribution in [0.15, 0.2) is 16.9 Å². The summed E-state index contributed by atoms with van der Waals surface area (Å²) < 4.78 is 0. The van der Waals surface area contributed by atoms with Crippen LogP contribution < -0.4 is 16.6 Å². The van der Waals surface area contributed by atoms with Gasteiger partial charge in [-0.15, -0.1) is 0 Å². The Labute approximate surface area is 85.9 Å². The average molecular weight is 208 g/mol. The van der Waals surface area contributed by atoms with Crippen molar-refractivity contribution in [2.24, 2.45) is 5.73 Å². The van der Waals surface area contributed by atoms with Crippen LogP contribution in [0.25, 0.3) is 0 Å². The molecule has 80 valence electrons. The summed E-state index contributed by atoms with van der Waals surface area (Å²) in [5, 5.41) is 8.61. The molecule has 6 nitrogen and oxygen atoms in total. The zero-order valence-electron chi connectivity index (χ0n) is 8.06. The molecule has 1 aliphatic carbocycles. The summed E-state index contributed by atoms with van der Waals surface area (Å²) in [4.78, 5) is 22.2. The molecule has 0 aromatic carbocycles. The predicted molar refractivity (Wildman–Crippen MR) is 53.3 cm³/mol. The van der Waals surface area contributed by atoms with E-state index in [1.807, 2.05) is 0 Å². The number of rotatable bonds is 2. The molecule has 1 fully saturated rings. The van der Waals surface area contributed by atoms with Gasteiger partial charge in [0, 0.05) is 18.2 Å². The molecular weight excluding hydrogens is 196 g/mol. The lowest BCUT2D eigenvalue weighted by atomic mass is 9.87. The van der Waals surface area contributed by atoms with Crippen molar-refractivity contribution in [2.75, 3.05) is 0 Å². The maximum Gasteiger partial charge on any atom is 0.271 e. The molecule has 0 unspecified atom stereocenters. The molecule has 0 bridgehead atoms. The maximum absolute atomic E-state index is 11.5. The molecule has 1 saturated carbocycles. The number of aromatic amines is 1. The highest BCUT2D eigenvalue weighted by molar-refractivity contribution is 5.92. The van der Waals surface area contributed by atoms with Crippen molar-refractivity contribution >= 4 is 5.91 Å². The summed E-state index contributed by atoms with van der Waals surface area (Å²) in [5.41, 5.74) is 5.48. The lowest BCUT2D eigenvalue weighted by Crippen LogP contribution is -2.50. The highest BCUT2D eigenvalue weighted by Crippen LogP contribution is 2.17. The van der Waals surface area contributed by atoms with Gasteiger partial charge in [0.05, 0.1) is 0 Å². The highest BCUT2D eigenvalue weighted by atomic mass is 16.2. The van der Waals surface area contributed by atoms with Crippen molar-refractivity contribution in [2.45, 2.75) is 24.9 Å². The van der Waals surface area contributed by atoms with Crippen LogP contribution in [0.4, 0.5) is 0 Å². The smallest absolute Gasteiger partial charge is 0.271 e. The number of carbonyl (C=O) groups is 1. The number of hydrogen-bond donors (Lipinski definition) is 3. The first-order chi connectivity index (χ1) is 7.15. The van der Waals surface area contributed by atoms with Crippen LogP contribution in [-0.4, -0.2) is 28.2 Å². The minimum absolute atomic E-state index is 0.140. The van der Waals surface area contributed by atoms with Gasteiger partial charge in [-0.05, 0) is 18.9 Å². The molecule has 2 rings (SSSR count). The maximum atomic E-state index is 11.5. The molecule has 0 atom stereocenters. The third-order valence-corrected chi connectivity index (χ3v) is 2.42. The van der Waals surface area contributed by atoms with Gasteiger partial charge in [-0.25, -0.2) is 5.10 Å². The van der Waals surface area contributed by atoms with Crippen LogP contribution in [0.2, 0.25) is 0 Å². The molecule has 1 heterocycles. The SMILES string of the molecule is NC1CC(NC(=O)c2ccc(=O)[nH]n2)C1. The van der Waals surface area contributed by atoms with Gasteiger partial charge in [-0.1, -0.05) is 0 Å². The second-order valence-electron chi connectivity index (χ2n) is 3.71. The number of carbonyl (C=O) groups excluding carboxylic acids is 1. The Balaban J connectivity index is 1.96. The Kier molecular flexibility index (Phi) is 2.51. The Hall–Kier alpha value is -1.69. The second kappa shape index (κ2) is 3.82. The fraction of sp³-hybridized carbons (Fsp3) is 0.444. The van der Waals surface area contributed by atoms with E-state index in [-0.39, 0.29) is 29.2 Å². The highest BCUT2D eigenvalue weighted by Gasteiger charge is 2.27. The molecule has 0 aliphatic heterocycles.